The number of phenols is 1. The van der Waals surface area contributed by atoms with Gasteiger partial charge in [-0.3, -0.25) is 4.79 Å². The number of hydrogen-bond acceptors (Lipinski definition) is 4. The van der Waals surface area contributed by atoms with Crippen molar-refractivity contribution < 1.29 is 14.6 Å². The van der Waals surface area contributed by atoms with Gasteiger partial charge in [-0.1, -0.05) is 23.7 Å². The smallest absolute Gasteiger partial charge is 0.277 e. The van der Waals surface area contributed by atoms with E-state index in [1.807, 2.05) is 0 Å². The predicted octanol–water partition coefficient (Wildman–Crippen LogP) is 3.34. The maximum atomic E-state index is 11.6. The zero-order valence-corrected chi connectivity index (χ0v) is 13.6. The van der Waals surface area contributed by atoms with Crippen LogP contribution in [0, 0.1) is 0 Å². The molecule has 0 saturated carbocycles. The molecule has 2 rings (SSSR count). The Labute approximate surface area is 140 Å². The molecule has 0 aliphatic rings. The highest BCUT2D eigenvalue weighted by Gasteiger charge is 2.05. The molecular weight excluding hydrogens is 372 g/mol. The van der Waals surface area contributed by atoms with Gasteiger partial charge in [0.05, 0.1) is 10.7 Å². The molecule has 0 bridgehead atoms. The second-order valence-corrected chi connectivity index (χ2v) is 5.54. The molecule has 0 saturated heterocycles. The predicted molar refractivity (Wildman–Crippen MR) is 88.5 cm³/mol. The van der Waals surface area contributed by atoms with Crippen LogP contribution in [0.5, 0.6) is 11.5 Å². The van der Waals surface area contributed by atoms with Crippen LogP contribution in [0.2, 0.25) is 5.02 Å². The average molecular weight is 384 g/mol. The number of halogens is 2. The molecule has 0 spiro atoms. The molecule has 22 heavy (non-hydrogen) atoms. The fourth-order valence-electron chi connectivity index (χ4n) is 1.55. The Balaban J connectivity index is 1.83. The summed E-state index contributed by atoms with van der Waals surface area (Å²) in [5.74, 6) is 0.237. The molecule has 5 nitrogen and oxygen atoms in total. The lowest BCUT2D eigenvalue weighted by molar-refractivity contribution is -0.123. The fourth-order valence-corrected chi connectivity index (χ4v) is 2.35. The van der Waals surface area contributed by atoms with E-state index in [1.165, 1.54) is 12.3 Å². The van der Waals surface area contributed by atoms with E-state index in [4.69, 9.17) is 16.3 Å². The minimum atomic E-state index is -0.404. The molecular formula is C15H12BrClN2O3. The second-order valence-electron chi connectivity index (χ2n) is 4.25. The third-order valence-corrected chi connectivity index (χ3v) is 3.38. The van der Waals surface area contributed by atoms with Gasteiger partial charge in [-0.25, -0.2) is 5.43 Å². The molecule has 2 aromatic carbocycles. The second kappa shape index (κ2) is 7.82. The number of ether oxygens (including phenoxy) is 1. The summed E-state index contributed by atoms with van der Waals surface area (Å²) in [5.41, 5.74) is 3.00. The van der Waals surface area contributed by atoms with Crippen LogP contribution < -0.4 is 10.2 Å². The first-order valence-electron chi connectivity index (χ1n) is 6.23. The molecule has 114 valence electrons. The number of hydrazone groups is 1. The summed E-state index contributed by atoms with van der Waals surface area (Å²) >= 11 is 9.11. The summed E-state index contributed by atoms with van der Waals surface area (Å²) in [6.45, 7) is -0.183. The highest BCUT2D eigenvalue weighted by Crippen LogP contribution is 2.27. The van der Waals surface area contributed by atoms with Crippen LogP contribution in [0.3, 0.4) is 0 Å². The van der Waals surface area contributed by atoms with Crippen molar-refractivity contribution in [3.63, 3.8) is 0 Å². The number of benzene rings is 2. The van der Waals surface area contributed by atoms with Crippen LogP contribution in [0.15, 0.2) is 52.0 Å². The number of nitrogens with zero attached hydrogens (tertiary/aromatic N) is 1. The van der Waals surface area contributed by atoms with Crippen molar-refractivity contribution in [2.75, 3.05) is 6.61 Å². The molecule has 0 fully saturated rings. The Morgan fingerprint density at radius 1 is 1.36 bits per heavy atom. The average Bonchev–Trinajstić information content (AvgIpc) is 2.46. The molecule has 0 radical (unpaired) electrons. The van der Waals surface area contributed by atoms with E-state index >= 15 is 0 Å². The Hall–Kier alpha value is -2.05. The summed E-state index contributed by atoms with van der Waals surface area (Å²) in [4.78, 5) is 11.6. The number of nitrogens with one attached hydrogen (secondary N) is 1. The third-order valence-electron chi connectivity index (χ3n) is 2.53. The highest BCUT2D eigenvalue weighted by atomic mass is 79.9. The number of aromatic hydroxyl groups is 1. The monoisotopic (exact) mass is 382 g/mol. The molecule has 0 aliphatic heterocycles. The molecule has 0 heterocycles. The number of carbonyl (C=O) groups is 1. The van der Waals surface area contributed by atoms with Crippen molar-refractivity contribution in [3.05, 3.63) is 57.5 Å². The summed E-state index contributed by atoms with van der Waals surface area (Å²) in [6, 6.07) is 11.5. The van der Waals surface area contributed by atoms with Gasteiger partial charge >= 0.3 is 0 Å². The van der Waals surface area contributed by atoms with Gasteiger partial charge in [-0.15, -0.1) is 0 Å². The Morgan fingerprint density at radius 2 is 2.18 bits per heavy atom. The van der Waals surface area contributed by atoms with Crippen LogP contribution in [0.25, 0.3) is 0 Å². The maximum Gasteiger partial charge on any atom is 0.277 e. The molecule has 7 heteroatoms. The Morgan fingerprint density at radius 3 is 2.91 bits per heavy atom. The van der Waals surface area contributed by atoms with Gasteiger partial charge in [0.2, 0.25) is 0 Å². The number of phenolic OH excluding ortho intramolecular Hbond substituents is 1. The van der Waals surface area contributed by atoms with Gasteiger partial charge in [-0.2, -0.15) is 5.10 Å². The molecule has 0 aliphatic carbocycles. The van der Waals surface area contributed by atoms with Crippen LogP contribution in [0.1, 0.15) is 5.56 Å². The lowest BCUT2D eigenvalue weighted by atomic mass is 10.2. The lowest BCUT2D eigenvalue weighted by Crippen LogP contribution is -2.24. The van der Waals surface area contributed by atoms with Gasteiger partial charge in [0, 0.05) is 5.02 Å². The zero-order valence-electron chi connectivity index (χ0n) is 11.3. The number of amides is 1. The van der Waals surface area contributed by atoms with E-state index in [9.17, 15) is 9.90 Å². The standard InChI is InChI=1S/C15H12BrClN2O3/c16-13-7-11(17)4-5-14(13)22-9-15(21)19-18-8-10-2-1-3-12(20)6-10/h1-8,20H,9H2,(H,19,21). The van der Waals surface area contributed by atoms with E-state index in [2.05, 4.69) is 26.5 Å². The zero-order chi connectivity index (χ0) is 15.9. The van der Waals surface area contributed by atoms with Crippen molar-refractivity contribution >= 4 is 39.7 Å². The van der Waals surface area contributed by atoms with E-state index < -0.39 is 5.91 Å². The molecule has 2 aromatic rings. The third kappa shape index (κ3) is 5.05. The van der Waals surface area contributed by atoms with E-state index in [1.54, 1.807) is 36.4 Å². The van der Waals surface area contributed by atoms with Crippen LogP contribution in [-0.2, 0) is 4.79 Å². The minimum Gasteiger partial charge on any atom is -0.508 e. The topological polar surface area (TPSA) is 70.9 Å². The molecule has 2 N–H and O–H groups in total. The first kappa shape index (κ1) is 16.3. The highest BCUT2D eigenvalue weighted by molar-refractivity contribution is 9.10. The van der Waals surface area contributed by atoms with Gasteiger partial charge in [0.1, 0.15) is 11.5 Å². The van der Waals surface area contributed by atoms with E-state index in [0.29, 0.717) is 20.8 Å². The first-order valence-corrected chi connectivity index (χ1v) is 7.40. The van der Waals surface area contributed by atoms with Crippen molar-refractivity contribution in [2.45, 2.75) is 0 Å². The van der Waals surface area contributed by atoms with Crippen LogP contribution in [0.4, 0.5) is 0 Å². The van der Waals surface area contributed by atoms with Crippen LogP contribution >= 0.6 is 27.5 Å². The normalized spacial score (nSPS) is 10.6. The summed E-state index contributed by atoms with van der Waals surface area (Å²) < 4.78 is 6.01. The molecule has 0 aromatic heterocycles. The van der Waals surface area contributed by atoms with Gasteiger partial charge in [0.25, 0.3) is 5.91 Å². The summed E-state index contributed by atoms with van der Waals surface area (Å²) in [5, 5.41) is 13.6. The summed E-state index contributed by atoms with van der Waals surface area (Å²) in [6.07, 6.45) is 1.43. The first-order chi connectivity index (χ1) is 10.5. The molecule has 0 unspecified atom stereocenters. The van der Waals surface area contributed by atoms with Crippen molar-refractivity contribution in [1.29, 1.82) is 0 Å². The van der Waals surface area contributed by atoms with Crippen molar-refractivity contribution in [3.8, 4) is 11.5 Å². The van der Waals surface area contributed by atoms with Crippen LogP contribution in [-0.4, -0.2) is 23.8 Å². The van der Waals surface area contributed by atoms with E-state index in [0.717, 1.165) is 0 Å². The van der Waals surface area contributed by atoms with Gasteiger partial charge in [-0.05, 0) is 51.8 Å². The quantitative estimate of drug-likeness (QED) is 0.614. The Kier molecular flexibility index (Phi) is 5.80. The number of hydrogen-bond donors (Lipinski definition) is 2. The van der Waals surface area contributed by atoms with Gasteiger partial charge in [0.15, 0.2) is 6.61 Å². The lowest BCUT2D eigenvalue weighted by Gasteiger charge is -2.07. The summed E-state index contributed by atoms with van der Waals surface area (Å²) in [7, 11) is 0. The van der Waals surface area contributed by atoms with E-state index in [-0.39, 0.29) is 12.4 Å². The maximum absolute atomic E-state index is 11.6. The largest absolute Gasteiger partial charge is 0.508 e. The minimum absolute atomic E-state index is 0.131. The van der Waals surface area contributed by atoms with Crippen molar-refractivity contribution in [2.24, 2.45) is 5.10 Å². The van der Waals surface area contributed by atoms with Gasteiger partial charge < -0.3 is 9.84 Å². The SMILES string of the molecule is O=C(COc1ccc(Cl)cc1Br)NN=Cc1cccc(O)c1. The number of rotatable bonds is 5. The fraction of sp³-hybridized carbons (Fsp3) is 0.0667. The number of carbonyl (C=O) groups excluding carboxylic acids is 1. The van der Waals surface area contributed by atoms with Crippen molar-refractivity contribution in [1.82, 2.24) is 5.43 Å². The molecule has 1 amide bonds. The molecule has 0 atom stereocenters. The Bertz CT molecular complexity index is 707.